The number of benzene rings is 2. The number of halogens is 2. The molecule has 2 aromatic carbocycles. The molecule has 0 saturated heterocycles. The molecule has 0 fully saturated rings. The Balaban J connectivity index is 2.20. The number of hydrogen-bond donors (Lipinski definition) is 2. The van der Waals surface area contributed by atoms with Crippen LogP contribution in [0, 0.1) is 21.4 Å². The second-order valence-corrected chi connectivity index (χ2v) is 6.37. The highest BCUT2D eigenvalue weighted by molar-refractivity contribution is 7.99. The second kappa shape index (κ2) is 9.48. The number of thioether (sulfide) groups is 1. The number of carbonyl (C=O) groups excluding carboxylic acids is 1. The van der Waals surface area contributed by atoms with E-state index in [0.29, 0.717) is 33.6 Å². The molecule has 0 aliphatic carbocycles. The number of amides is 1. The van der Waals surface area contributed by atoms with E-state index < -0.39 is 16.6 Å². The minimum absolute atomic E-state index is 0.193. The molecule has 1 amide bonds. The largest absolute Gasteiger partial charge is 0.383 e. The zero-order valence-corrected chi connectivity index (χ0v) is 15.3. The maximum atomic E-state index is 12.3. The number of hydrogen-bond acceptors (Lipinski definition) is 6. The summed E-state index contributed by atoms with van der Waals surface area (Å²) in [6.07, 6.45) is 1.22. The fourth-order valence-electron chi connectivity index (χ4n) is 2.23. The Morgan fingerprint density at radius 1 is 1.29 bits per heavy atom. The number of anilines is 2. The zero-order chi connectivity index (χ0) is 20.7. The van der Waals surface area contributed by atoms with Crippen molar-refractivity contribution in [1.82, 2.24) is 0 Å². The lowest BCUT2D eigenvalue weighted by Crippen LogP contribution is -2.13. The van der Waals surface area contributed by atoms with Gasteiger partial charge in [0.2, 0.25) is 0 Å². The number of rotatable bonds is 7. The lowest BCUT2D eigenvalue weighted by atomic mass is 10.1. The average Bonchev–Trinajstić information content (AvgIpc) is 2.66. The molecule has 2 aromatic rings. The van der Waals surface area contributed by atoms with Crippen molar-refractivity contribution >= 4 is 40.8 Å². The third-order valence-electron chi connectivity index (χ3n) is 3.50. The molecule has 0 aliphatic heterocycles. The summed E-state index contributed by atoms with van der Waals surface area (Å²) in [6.45, 7) is 0. The van der Waals surface area contributed by atoms with Gasteiger partial charge < -0.3 is 10.6 Å². The first-order valence-corrected chi connectivity index (χ1v) is 8.66. The third-order valence-corrected chi connectivity index (χ3v) is 4.22. The standard InChI is InChI=1S/C18H14F2N4O3S/c1-22-15-7-2-11(9-16(15)24(26)27)8-12(10-21)17(25)23-13-3-5-14(6-4-13)28-18(19)20/h2-9,18,22H,1H3,(H,23,25)/b12-8+. The predicted octanol–water partition coefficient (Wildman–Crippen LogP) is 4.50. The van der Waals surface area contributed by atoms with Crippen molar-refractivity contribution in [2.24, 2.45) is 0 Å². The van der Waals surface area contributed by atoms with Crippen LogP contribution in [-0.2, 0) is 4.79 Å². The van der Waals surface area contributed by atoms with Gasteiger partial charge >= 0.3 is 0 Å². The van der Waals surface area contributed by atoms with Crippen molar-refractivity contribution in [3.8, 4) is 6.07 Å². The smallest absolute Gasteiger partial charge is 0.292 e. The van der Waals surface area contributed by atoms with Gasteiger partial charge in [0.05, 0.1) is 4.92 Å². The third kappa shape index (κ3) is 5.52. The minimum atomic E-state index is -2.55. The van der Waals surface area contributed by atoms with Gasteiger partial charge in [0.15, 0.2) is 0 Å². The second-order valence-electron chi connectivity index (χ2n) is 5.31. The Bertz CT molecular complexity index is 956. The SMILES string of the molecule is CNc1ccc(/C=C(\C#N)C(=O)Nc2ccc(SC(F)F)cc2)cc1[N+](=O)[O-]. The average molecular weight is 404 g/mol. The van der Waals surface area contributed by atoms with Gasteiger partial charge in [-0.2, -0.15) is 14.0 Å². The number of nitrogens with zero attached hydrogens (tertiary/aromatic N) is 2. The van der Waals surface area contributed by atoms with E-state index >= 15 is 0 Å². The predicted molar refractivity (Wildman–Crippen MR) is 103 cm³/mol. The van der Waals surface area contributed by atoms with E-state index in [2.05, 4.69) is 10.6 Å². The van der Waals surface area contributed by atoms with E-state index in [1.165, 1.54) is 55.6 Å². The van der Waals surface area contributed by atoms with Crippen LogP contribution in [0.15, 0.2) is 52.9 Å². The molecule has 0 spiro atoms. The number of nitro groups is 1. The highest BCUT2D eigenvalue weighted by Crippen LogP contribution is 2.27. The molecular weight excluding hydrogens is 390 g/mol. The van der Waals surface area contributed by atoms with Gasteiger partial charge in [-0.15, -0.1) is 0 Å². The quantitative estimate of drug-likeness (QED) is 0.231. The van der Waals surface area contributed by atoms with Crippen LogP contribution in [0.5, 0.6) is 0 Å². The van der Waals surface area contributed by atoms with E-state index in [-0.39, 0.29) is 11.3 Å². The van der Waals surface area contributed by atoms with Gasteiger partial charge in [0, 0.05) is 23.7 Å². The molecule has 28 heavy (non-hydrogen) atoms. The number of nitrogens with one attached hydrogen (secondary N) is 2. The molecule has 0 bridgehead atoms. The van der Waals surface area contributed by atoms with Crippen LogP contribution in [0.2, 0.25) is 0 Å². The number of nitro benzene ring substituents is 1. The first kappa shape index (κ1) is 20.9. The van der Waals surface area contributed by atoms with Gasteiger partial charge in [0.25, 0.3) is 17.4 Å². The molecule has 0 radical (unpaired) electrons. The van der Waals surface area contributed by atoms with Gasteiger partial charge in [-0.3, -0.25) is 14.9 Å². The van der Waals surface area contributed by atoms with Gasteiger partial charge in [0.1, 0.15) is 17.3 Å². The summed E-state index contributed by atoms with van der Waals surface area (Å²) in [4.78, 5) is 23.1. The Morgan fingerprint density at radius 2 is 1.96 bits per heavy atom. The van der Waals surface area contributed by atoms with E-state index in [0.717, 1.165) is 0 Å². The van der Waals surface area contributed by atoms with Crippen LogP contribution >= 0.6 is 11.8 Å². The zero-order valence-electron chi connectivity index (χ0n) is 14.5. The van der Waals surface area contributed by atoms with Crippen molar-refractivity contribution in [3.63, 3.8) is 0 Å². The lowest BCUT2D eigenvalue weighted by Gasteiger charge is -2.06. The van der Waals surface area contributed by atoms with Gasteiger partial charge in [-0.25, -0.2) is 0 Å². The molecule has 0 atom stereocenters. The Labute approximate surface area is 163 Å². The molecule has 2 N–H and O–H groups in total. The van der Waals surface area contributed by atoms with Crippen LogP contribution in [0.4, 0.5) is 25.8 Å². The maximum absolute atomic E-state index is 12.3. The van der Waals surface area contributed by atoms with Crippen molar-refractivity contribution < 1.29 is 18.5 Å². The van der Waals surface area contributed by atoms with Crippen molar-refractivity contribution in [2.45, 2.75) is 10.7 Å². The number of carbonyl (C=O) groups is 1. The molecule has 0 aliphatic rings. The molecule has 2 rings (SSSR count). The summed E-state index contributed by atoms with van der Waals surface area (Å²) in [5.74, 6) is -3.27. The molecule has 10 heteroatoms. The molecule has 0 heterocycles. The molecule has 7 nitrogen and oxygen atoms in total. The summed E-state index contributed by atoms with van der Waals surface area (Å²) < 4.78 is 24.6. The van der Waals surface area contributed by atoms with E-state index in [1.807, 2.05) is 0 Å². The monoisotopic (exact) mass is 404 g/mol. The van der Waals surface area contributed by atoms with Crippen LogP contribution < -0.4 is 10.6 Å². The fraction of sp³-hybridized carbons (Fsp3) is 0.111. The van der Waals surface area contributed by atoms with Crippen molar-refractivity contribution in [1.29, 1.82) is 5.26 Å². The van der Waals surface area contributed by atoms with Crippen molar-refractivity contribution in [3.05, 3.63) is 63.7 Å². The Hall–Kier alpha value is -3.45. The summed E-state index contributed by atoms with van der Waals surface area (Å²) in [5, 5.41) is 25.5. The Morgan fingerprint density at radius 3 is 2.50 bits per heavy atom. The van der Waals surface area contributed by atoms with Crippen molar-refractivity contribution in [2.75, 3.05) is 17.7 Å². The minimum Gasteiger partial charge on any atom is -0.383 e. The molecule has 0 saturated carbocycles. The van der Waals surface area contributed by atoms with Crippen LogP contribution in [0.25, 0.3) is 6.08 Å². The number of nitriles is 1. The fourth-order valence-corrected chi connectivity index (χ4v) is 2.73. The summed E-state index contributed by atoms with van der Waals surface area (Å²) >= 11 is 0.375. The van der Waals surface area contributed by atoms with E-state index in [9.17, 15) is 29.0 Å². The highest BCUT2D eigenvalue weighted by Gasteiger charge is 2.15. The number of alkyl halides is 2. The van der Waals surface area contributed by atoms with Gasteiger partial charge in [-0.1, -0.05) is 17.8 Å². The molecular formula is C18H14F2N4O3S. The van der Waals surface area contributed by atoms with E-state index in [4.69, 9.17) is 0 Å². The van der Waals surface area contributed by atoms with Crippen LogP contribution in [0.1, 0.15) is 5.56 Å². The molecule has 0 unspecified atom stereocenters. The van der Waals surface area contributed by atoms with Gasteiger partial charge in [-0.05, 0) is 42.0 Å². The summed E-state index contributed by atoms with van der Waals surface area (Å²) in [6, 6.07) is 11.7. The first-order chi connectivity index (χ1) is 13.3. The Kier molecular flexibility index (Phi) is 7.06. The summed E-state index contributed by atoms with van der Waals surface area (Å²) in [5.41, 5.74) is 0.466. The van der Waals surface area contributed by atoms with Crippen LogP contribution in [0.3, 0.4) is 0 Å². The van der Waals surface area contributed by atoms with E-state index in [1.54, 1.807) is 6.07 Å². The topological polar surface area (TPSA) is 108 Å². The molecule has 144 valence electrons. The normalized spacial score (nSPS) is 11.0. The highest BCUT2D eigenvalue weighted by atomic mass is 32.2. The summed E-state index contributed by atoms with van der Waals surface area (Å²) in [7, 11) is 1.54. The first-order valence-electron chi connectivity index (χ1n) is 7.78. The van der Waals surface area contributed by atoms with Crippen LogP contribution in [-0.4, -0.2) is 23.6 Å². The molecule has 0 aromatic heterocycles. The lowest BCUT2D eigenvalue weighted by molar-refractivity contribution is -0.384. The maximum Gasteiger partial charge on any atom is 0.292 e.